The molecular weight excluding hydrogens is 669 g/mol. The van der Waals surface area contributed by atoms with Crippen LogP contribution < -0.4 is 25.7 Å². The van der Waals surface area contributed by atoms with Crippen molar-refractivity contribution in [3.8, 4) is 0 Å². The molecule has 0 radical (unpaired) electrons. The molecule has 1 aliphatic carbocycles. The fourth-order valence-corrected chi connectivity index (χ4v) is 7.59. The number of fused-ring (bicyclic) bond motifs is 7. The average Bonchev–Trinajstić information content (AvgIpc) is 3.87. The van der Waals surface area contributed by atoms with Crippen LogP contribution >= 0.6 is 0 Å². The second-order valence-corrected chi connectivity index (χ2v) is 13.5. The van der Waals surface area contributed by atoms with Gasteiger partial charge in [-0.15, -0.1) is 33.5 Å². The summed E-state index contributed by atoms with van der Waals surface area (Å²) in [7, 11) is 1.26. The number of hydrogen-bond donors (Lipinski definition) is 0. The summed E-state index contributed by atoms with van der Waals surface area (Å²) in [5, 5.41) is 6.28. The van der Waals surface area contributed by atoms with E-state index in [0.29, 0.717) is 62.9 Å². The van der Waals surface area contributed by atoms with Gasteiger partial charge in [0, 0.05) is 17.5 Å². The molecule has 3 aromatic rings. The van der Waals surface area contributed by atoms with E-state index in [4.69, 9.17) is 29.7 Å². The topological polar surface area (TPSA) is 143 Å². The second-order valence-electron chi connectivity index (χ2n) is 13.5. The van der Waals surface area contributed by atoms with Crippen LogP contribution in [0.5, 0.6) is 0 Å². The van der Waals surface area contributed by atoms with Gasteiger partial charge in [-0.05, 0) is 64.4 Å². The van der Waals surface area contributed by atoms with Crippen molar-refractivity contribution in [2.24, 2.45) is 17.8 Å². The maximum Gasteiger partial charge on any atom is 2.00 e. The Hall–Kier alpha value is -4.35. The third-order valence-corrected chi connectivity index (χ3v) is 10.8. The fourth-order valence-electron chi connectivity index (χ4n) is 7.59. The second kappa shape index (κ2) is 15.7. The first-order chi connectivity index (χ1) is 24.5. The molecule has 8 bridgehead atoms. The Balaban J connectivity index is 0.00000523. The number of carbonyl (C=O) groups is 4. The molecule has 268 valence electrons. The standard InChI is InChI=1S/C41H45N4O6.Mg/c1-9-20(4)14-15-51-34(47)13-12-26-22(6)29-16-28-21(5)24(10-2)31(42-28)18-33-27(19-46)25(11-3)32(43-33)17-30-23(7)35-39(45-30)36(38(26)44-29)37(40(35)48)41(49)50-8;/h14,16-19,22,26,37H,9-13,15H2,1-8H3,(H-,44,45,46,48);/q-3;+2/p-1/b20-14+,29-16-,33-18-;/t22-,26-,37+;/m0./s1. The number of carbonyl (C=O) groups excluding carboxylic acids is 4. The minimum atomic E-state index is -1.25. The zero-order valence-electron chi connectivity index (χ0n) is 31.3. The van der Waals surface area contributed by atoms with Crippen LogP contribution in [0.4, 0.5) is 0 Å². The molecule has 0 N–H and O–H groups in total. The number of methoxy groups -OCH3 is 1. The van der Waals surface area contributed by atoms with E-state index in [1.807, 2.05) is 58.9 Å². The molecule has 3 aromatic heterocycles. The minimum absolute atomic E-state index is 0. The van der Waals surface area contributed by atoms with E-state index in [1.54, 1.807) is 6.92 Å². The molecule has 2 aliphatic heterocycles. The zero-order chi connectivity index (χ0) is 36.7. The molecule has 5 heterocycles. The van der Waals surface area contributed by atoms with E-state index in [1.165, 1.54) is 7.11 Å². The summed E-state index contributed by atoms with van der Waals surface area (Å²) in [5.74, 6) is -3.20. The molecule has 0 saturated carbocycles. The predicted octanol–water partition coefficient (Wildman–Crippen LogP) is 4.76. The van der Waals surface area contributed by atoms with Crippen LogP contribution in [0.2, 0.25) is 0 Å². The minimum Gasteiger partial charge on any atom is -0.664 e. The number of hydrogen-bond acceptors (Lipinski definition) is 6. The van der Waals surface area contributed by atoms with Gasteiger partial charge in [-0.1, -0.05) is 79.3 Å². The van der Waals surface area contributed by atoms with Gasteiger partial charge in [-0.3, -0.25) is 19.2 Å². The van der Waals surface area contributed by atoms with E-state index in [9.17, 15) is 19.2 Å². The normalized spacial score (nSPS) is 22.7. The molecule has 6 rings (SSSR count). The quantitative estimate of drug-likeness (QED) is 0.0956. The molecule has 0 aromatic carbocycles. The van der Waals surface area contributed by atoms with Crippen LogP contribution in [-0.2, 0) is 31.9 Å². The van der Waals surface area contributed by atoms with Crippen molar-refractivity contribution < 1.29 is 28.7 Å². The Labute approximate surface area is 320 Å². The van der Waals surface area contributed by atoms with E-state index < -0.39 is 17.7 Å². The summed E-state index contributed by atoms with van der Waals surface area (Å²) in [6.45, 7) is 14.2. The van der Waals surface area contributed by atoms with Gasteiger partial charge in [0.25, 0.3) is 0 Å². The van der Waals surface area contributed by atoms with Gasteiger partial charge < -0.3 is 29.7 Å². The van der Waals surface area contributed by atoms with E-state index in [-0.39, 0.29) is 53.9 Å². The van der Waals surface area contributed by atoms with Crippen molar-refractivity contribution in [1.82, 2.24) is 15.0 Å². The maximum atomic E-state index is 14.2. The molecule has 3 atom stereocenters. The number of aromatic nitrogens is 3. The van der Waals surface area contributed by atoms with Crippen molar-refractivity contribution in [1.29, 1.82) is 0 Å². The van der Waals surface area contributed by atoms with Gasteiger partial charge in [-0.2, -0.15) is 11.4 Å². The van der Waals surface area contributed by atoms with Gasteiger partial charge in [0.1, 0.15) is 18.8 Å². The fraction of sp³-hybridized carbons (Fsp3) is 0.415. The first-order valence-corrected chi connectivity index (χ1v) is 17.8. The Kier molecular flexibility index (Phi) is 11.7. The monoisotopic (exact) mass is 712 g/mol. The predicted molar refractivity (Wildman–Crippen MR) is 200 cm³/mol. The van der Waals surface area contributed by atoms with Gasteiger partial charge in [0.2, 0.25) is 0 Å². The van der Waals surface area contributed by atoms with Crippen molar-refractivity contribution in [2.75, 3.05) is 13.7 Å². The molecular formula is C41H44MgN4O6-2. The van der Waals surface area contributed by atoms with Gasteiger partial charge in [0.15, 0.2) is 5.78 Å². The summed E-state index contributed by atoms with van der Waals surface area (Å²) in [4.78, 5) is 68.0. The molecule has 11 heteroatoms. The summed E-state index contributed by atoms with van der Waals surface area (Å²) in [5.41, 5.74) is 9.44. The van der Waals surface area contributed by atoms with Crippen LogP contribution in [0.1, 0.15) is 120 Å². The summed E-state index contributed by atoms with van der Waals surface area (Å²) < 4.78 is 10.7. The number of Topliss-reactive ketones (excluding diaryl/α,β-unsaturated/α-hetero) is 1. The van der Waals surface area contributed by atoms with Crippen LogP contribution in [0, 0.1) is 31.6 Å². The van der Waals surface area contributed by atoms with E-state index in [2.05, 4.69) is 6.92 Å². The van der Waals surface area contributed by atoms with Crippen molar-refractivity contribution in [3.63, 3.8) is 0 Å². The SMILES string of the molecule is CC/C(C)=C/COC(=O)CC[C@@H]1/C2=C3/c4[n-]c(c(C)c4C(=O)[C@@H]3C(=O)OC)/C=c3\[n-]/c(c(C=O)c3CC)=C\c3[n-]c(c(C)c3CC)/C=C(\[N-]2)[C@H]1C.[Mg+2]. The van der Waals surface area contributed by atoms with Crippen LogP contribution in [0.15, 0.2) is 23.0 Å². The molecule has 1 saturated heterocycles. The zero-order valence-corrected chi connectivity index (χ0v) is 32.7. The number of allylic oxidation sites excluding steroid dienone is 3. The third-order valence-electron chi connectivity index (χ3n) is 10.8. The largest absolute Gasteiger partial charge is 2.00 e. The molecule has 0 spiro atoms. The van der Waals surface area contributed by atoms with E-state index >= 15 is 0 Å². The van der Waals surface area contributed by atoms with Crippen LogP contribution in [0.3, 0.4) is 0 Å². The number of ketones is 1. The number of nitrogens with zero attached hydrogens (tertiary/aromatic N) is 4. The van der Waals surface area contributed by atoms with Crippen molar-refractivity contribution in [2.45, 2.75) is 80.6 Å². The number of ether oxygens (including phenoxy) is 2. The summed E-state index contributed by atoms with van der Waals surface area (Å²) in [6.07, 6.45) is 11.0. The Morgan fingerprint density at radius 3 is 2.27 bits per heavy atom. The van der Waals surface area contributed by atoms with Crippen LogP contribution in [-0.4, -0.2) is 60.8 Å². The molecule has 0 unspecified atom stereocenters. The van der Waals surface area contributed by atoms with Gasteiger partial charge in [0.05, 0.1) is 7.11 Å². The van der Waals surface area contributed by atoms with Crippen molar-refractivity contribution >= 4 is 70.9 Å². The van der Waals surface area contributed by atoms with E-state index in [0.717, 1.165) is 58.5 Å². The molecule has 0 amide bonds. The Morgan fingerprint density at radius 1 is 0.923 bits per heavy atom. The molecule has 10 nitrogen and oxygen atoms in total. The van der Waals surface area contributed by atoms with Gasteiger partial charge in [-0.25, -0.2) is 0 Å². The summed E-state index contributed by atoms with van der Waals surface area (Å²) in [6, 6.07) is 0. The Bertz CT molecular complexity index is 2170. The van der Waals surface area contributed by atoms with Gasteiger partial charge >= 0.3 is 35.0 Å². The molecule has 1 fully saturated rings. The number of rotatable bonds is 10. The maximum absolute atomic E-state index is 14.2. The first-order valence-electron chi connectivity index (χ1n) is 17.8. The number of esters is 2. The Morgan fingerprint density at radius 2 is 1.62 bits per heavy atom. The first kappa shape index (κ1) is 38.9. The molecule has 3 aliphatic rings. The number of aldehydes is 1. The average molecular weight is 713 g/mol. The third kappa shape index (κ3) is 6.69. The molecule has 52 heavy (non-hydrogen) atoms. The summed E-state index contributed by atoms with van der Waals surface area (Å²) >= 11 is 0. The van der Waals surface area contributed by atoms with Crippen LogP contribution in [0.25, 0.3) is 29.1 Å². The smallest absolute Gasteiger partial charge is 0.664 e. The van der Waals surface area contributed by atoms with Crippen molar-refractivity contribution in [3.05, 3.63) is 95.2 Å².